The molecule has 0 bridgehead atoms. The standard InChI is InChI=1S/C17H29N3/c1-3-5-11-20(12-6-4-2)17-14-18-10-9-15(17)13-19-16-7-8-16/h9-10,14,16,19H,3-8,11-13H2,1-2H3. The Morgan fingerprint density at radius 3 is 2.50 bits per heavy atom. The first-order valence-corrected chi connectivity index (χ1v) is 8.26. The van der Waals surface area contributed by atoms with Crippen LogP contribution in [0.25, 0.3) is 0 Å². The van der Waals surface area contributed by atoms with E-state index in [2.05, 4.69) is 41.3 Å². The van der Waals surface area contributed by atoms with Crippen molar-refractivity contribution < 1.29 is 0 Å². The third kappa shape index (κ3) is 4.78. The predicted octanol–water partition coefficient (Wildman–Crippen LogP) is 3.74. The van der Waals surface area contributed by atoms with Crippen molar-refractivity contribution >= 4 is 5.69 Å². The summed E-state index contributed by atoms with van der Waals surface area (Å²) in [6, 6.07) is 2.94. The van der Waals surface area contributed by atoms with Crippen molar-refractivity contribution in [2.45, 2.75) is 65.0 Å². The molecule has 0 spiro atoms. The van der Waals surface area contributed by atoms with Gasteiger partial charge in [-0.25, -0.2) is 0 Å². The Hall–Kier alpha value is -1.09. The molecular formula is C17H29N3. The number of pyridine rings is 1. The molecule has 0 radical (unpaired) electrons. The number of hydrogen-bond acceptors (Lipinski definition) is 3. The Morgan fingerprint density at radius 2 is 1.90 bits per heavy atom. The van der Waals surface area contributed by atoms with Crippen LogP contribution in [0, 0.1) is 0 Å². The molecule has 1 N–H and O–H groups in total. The average Bonchev–Trinajstić information content (AvgIpc) is 3.30. The van der Waals surface area contributed by atoms with Gasteiger partial charge >= 0.3 is 0 Å². The second kappa shape index (κ2) is 8.25. The molecule has 1 aliphatic rings. The molecule has 3 heteroatoms. The van der Waals surface area contributed by atoms with Gasteiger partial charge in [-0.2, -0.15) is 0 Å². The number of unbranched alkanes of at least 4 members (excludes halogenated alkanes) is 2. The van der Waals surface area contributed by atoms with Crippen molar-refractivity contribution in [2.24, 2.45) is 0 Å². The van der Waals surface area contributed by atoms with Crippen LogP contribution < -0.4 is 10.2 Å². The summed E-state index contributed by atoms with van der Waals surface area (Å²) in [6.45, 7) is 7.81. The maximum Gasteiger partial charge on any atom is 0.0598 e. The minimum absolute atomic E-state index is 0.760. The number of rotatable bonds is 10. The highest BCUT2D eigenvalue weighted by molar-refractivity contribution is 5.51. The first-order chi connectivity index (χ1) is 9.85. The fraction of sp³-hybridized carbons (Fsp3) is 0.706. The average molecular weight is 275 g/mol. The summed E-state index contributed by atoms with van der Waals surface area (Å²) in [4.78, 5) is 6.89. The molecule has 1 aromatic heterocycles. The van der Waals surface area contributed by atoms with E-state index in [9.17, 15) is 0 Å². The van der Waals surface area contributed by atoms with Gasteiger partial charge in [0.05, 0.1) is 11.9 Å². The maximum absolute atomic E-state index is 4.36. The molecule has 0 aromatic carbocycles. The van der Waals surface area contributed by atoms with Gasteiger partial charge in [0.15, 0.2) is 0 Å². The first-order valence-electron chi connectivity index (χ1n) is 8.26. The van der Waals surface area contributed by atoms with E-state index in [0.29, 0.717) is 0 Å². The third-order valence-corrected chi connectivity index (χ3v) is 3.95. The van der Waals surface area contributed by atoms with Gasteiger partial charge in [-0.3, -0.25) is 4.98 Å². The molecule has 0 saturated heterocycles. The maximum atomic E-state index is 4.36. The van der Waals surface area contributed by atoms with Crippen molar-refractivity contribution in [2.75, 3.05) is 18.0 Å². The van der Waals surface area contributed by atoms with E-state index in [1.54, 1.807) is 0 Å². The zero-order valence-electron chi connectivity index (χ0n) is 13.1. The predicted molar refractivity (Wildman–Crippen MR) is 86.1 cm³/mol. The highest BCUT2D eigenvalue weighted by Gasteiger charge is 2.21. The van der Waals surface area contributed by atoms with Gasteiger partial charge in [-0.05, 0) is 37.3 Å². The molecule has 0 unspecified atom stereocenters. The lowest BCUT2D eigenvalue weighted by molar-refractivity contribution is 0.658. The molecule has 0 aliphatic heterocycles. The number of hydrogen-bond donors (Lipinski definition) is 1. The zero-order chi connectivity index (χ0) is 14.2. The summed E-state index contributed by atoms with van der Waals surface area (Å²) in [5.74, 6) is 0. The minimum atomic E-state index is 0.760. The molecule has 0 amide bonds. The minimum Gasteiger partial charge on any atom is -0.370 e. The van der Waals surface area contributed by atoms with Crippen molar-refractivity contribution in [1.82, 2.24) is 10.3 Å². The zero-order valence-corrected chi connectivity index (χ0v) is 13.1. The Morgan fingerprint density at radius 1 is 1.20 bits per heavy atom. The van der Waals surface area contributed by atoms with Crippen molar-refractivity contribution in [3.8, 4) is 0 Å². The SMILES string of the molecule is CCCCN(CCCC)c1cnccc1CNC1CC1. The van der Waals surface area contributed by atoms with E-state index >= 15 is 0 Å². The van der Waals surface area contributed by atoms with Gasteiger partial charge in [-0.1, -0.05) is 26.7 Å². The fourth-order valence-corrected chi connectivity index (χ4v) is 2.44. The van der Waals surface area contributed by atoms with E-state index in [4.69, 9.17) is 0 Å². The third-order valence-electron chi connectivity index (χ3n) is 3.95. The smallest absolute Gasteiger partial charge is 0.0598 e. The van der Waals surface area contributed by atoms with Crippen molar-refractivity contribution in [3.05, 3.63) is 24.0 Å². The van der Waals surface area contributed by atoms with Crippen LogP contribution in [0.15, 0.2) is 18.5 Å². The molecule has 1 fully saturated rings. The van der Waals surface area contributed by atoms with Crippen LogP contribution >= 0.6 is 0 Å². The molecule has 1 saturated carbocycles. The number of anilines is 1. The van der Waals surface area contributed by atoms with Crippen LogP contribution in [-0.2, 0) is 6.54 Å². The fourth-order valence-electron chi connectivity index (χ4n) is 2.44. The topological polar surface area (TPSA) is 28.2 Å². The van der Waals surface area contributed by atoms with E-state index in [0.717, 1.165) is 25.7 Å². The van der Waals surface area contributed by atoms with Gasteiger partial charge in [-0.15, -0.1) is 0 Å². The van der Waals surface area contributed by atoms with Crippen molar-refractivity contribution in [1.29, 1.82) is 0 Å². The quantitative estimate of drug-likeness (QED) is 0.705. The summed E-state index contributed by atoms with van der Waals surface area (Å²) in [7, 11) is 0. The molecule has 1 aliphatic carbocycles. The lowest BCUT2D eigenvalue weighted by Crippen LogP contribution is -2.28. The van der Waals surface area contributed by atoms with Gasteiger partial charge in [0.2, 0.25) is 0 Å². The summed E-state index contributed by atoms with van der Waals surface area (Å²) < 4.78 is 0. The van der Waals surface area contributed by atoms with Gasteiger partial charge in [0.25, 0.3) is 0 Å². The summed E-state index contributed by atoms with van der Waals surface area (Å²) in [5, 5.41) is 3.63. The summed E-state index contributed by atoms with van der Waals surface area (Å²) in [6.07, 6.45) is 11.7. The first kappa shape index (κ1) is 15.3. The Bertz CT molecular complexity index is 380. The second-order valence-electron chi connectivity index (χ2n) is 5.85. The van der Waals surface area contributed by atoms with Crippen LogP contribution in [0.2, 0.25) is 0 Å². The van der Waals surface area contributed by atoms with Crippen LogP contribution in [0.3, 0.4) is 0 Å². The molecule has 1 heterocycles. The van der Waals surface area contributed by atoms with E-state index in [1.165, 1.54) is 49.8 Å². The van der Waals surface area contributed by atoms with Crippen LogP contribution in [0.1, 0.15) is 57.9 Å². The second-order valence-corrected chi connectivity index (χ2v) is 5.85. The number of nitrogens with one attached hydrogen (secondary N) is 1. The lowest BCUT2D eigenvalue weighted by atomic mass is 10.1. The Balaban J connectivity index is 2.03. The molecule has 2 rings (SSSR count). The molecular weight excluding hydrogens is 246 g/mol. The van der Waals surface area contributed by atoms with Crippen LogP contribution in [0.4, 0.5) is 5.69 Å². The van der Waals surface area contributed by atoms with E-state index < -0.39 is 0 Å². The van der Waals surface area contributed by atoms with Crippen LogP contribution in [0.5, 0.6) is 0 Å². The Labute approximate surface area is 123 Å². The number of aromatic nitrogens is 1. The Kier molecular flexibility index (Phi) is 6.31. The summed E-state index contributed by atoms with van der Waals surface area (Å²) in [5.41, 5.74) is 2.74. The molecule has 0 atom stereocenters. The van der Waals surface area contributed by atoms with Gasteiger partial charge < -0.3 is 10.2 Å². The van der Waals surface area contributed by atoms with Gasteiger partial charge in [0, 0.05) is 31.9 Å². The largest absolute Gasteiger partial charge is 0.370 e. The monoisotopic (exact) mass is 275 g/mol. The van der Waals surface area contributed by atoms with Gasteiger partial charge in [0.1, 0.15) is 0 Å². The number of nitrogens with zero attached hydrogens (tertiary/aromatic N) is 2. The normalized spacial score (nSPS) is 14.5. The molecule has 3 nitrogen and oxygen atoms in total. The van der Waals surface area contributed by atoms with E-state index in [1.807, 2.05) is 6.20 Å². The molecule has 20 heavy (non-hydrogen) atoms. The summed E-state index contributed by atoms with van der Waals surface area (Å²) >= 11 is 0. The van der Waals surface area contributed by atoms with Crippen LogP contribution in [-0.4, -0.2) is 24.1 Å². The highest BCUT2D eigenvalue weighted by Crippen LogP contribution is 2.23. The molecule has 112 valence electrons. The highest BCUT2D eigenvalue weighted by atomic mass is 15.1. The van der Waals surface area contributed by atoms with E-state index in [-0.39, 0.29) is 0 Å². The van der Waals surface area contributed by atoms with Crippen molar-refractivity contribution in [3.63, 3.8) is 0 Å². The molecule has 1 aromatic rings. The lowest BCUT2D eigenvalue weighted by Gasteiger charge is -2.26.